The second-order valence-electron chi connectivity index (χ2n) is 6.96. The van der Waals surface area contributed by atoms with E-state index in [0.717, 1.165) is 32.7 Å². The van der Waals surface area contributed by atoms with E-state index >= 15 is 0 Å². The van der Waals surface area contributed by atoms with Gasteiger partial charge in [-0.05, 0) is 25.2 Å². The van der Waals surface area contributed by atoms with E-state index in [1.54, 1.807) is 0 Å². The Bertz CT molecular complexity index is 391. The van der Waals surface area contributed by atoms with Crippen LogP contribution in [0.15, 0.2) is 11.6 Å². The number of carbonyl (C=O) groups excluding carboxylic acids is 1. The largest absolute Gasteiger partial charge is 0.395 e. The van der Waals surface area contributed by atoms with Crippen LogP contribution >= 0.6 is 0 Å². The topological polar surface area (TPSA) is 43.8 Å². The van der Waals surface area contributed by atoms with Crippen molar-refractivity contribution in [3.05, 3.63) is 11.6 Å². The predicted molar refractivity (Wildman–Crippen MR) is 80.3 cm³/mol. The molecule has 2 atom stereocenters. The molecule has 0 unspecified atom stereocenters. The number of amides is 1. The average Bonchev–Trinajstić information content (AvgIpc) is 2.90. The molecule has 1 N–H and O–H groups in total. The molecule has 0 bridgehead atoms. The van der Waals surface area contributed by atoms with Gasteiger partial charge >= 0.3 is 0 Å². The highest BCUT2D eigenvalue weighted by atomic mass is 16.3. The fourth-order valence-corrected chi connectivity index (χ4v) is 3.35. The SMILES string of the molecule is CC(C)=C[C@@H]1[C@H](C(=O)N2CCN(CCO)CC2)C1(C)C. The van der Waals surface area contributed by atoms with E-state index < -0.39 is 0 Å². The van der Waals surface area contributed by atoms with Gasteiger partial charge in [0.2, 0.25) is 5.91 Å². The van der Waals surface area contributed by atoms with Crippen molar-refractivity contribution in [3.63, 3.8) is 0 Å². The van der Waals surface area contributed by atoms with Crippen LogP contribution in [0.5, 0.6) is 0 Å². The zero-order valence-corrected chi connectivity index (χ0v) is 13.2. The van der Waals surface area contributed by atoms with Crippen molar-refractivity contribution < 1.29 is 9.90 Å². The van der Waals surface area contributed by atoms with Gasteiger partial charge in [0.05, 0.1) is 12.5 Å². The van der Waals surface area contributed by atoms with Crippen LogP contribution in [0.25, 0.3) is 0 Å². The number of allylic oxidation sites excluding steroid dienone is 2. The van der Waals surface area contributed by atoms with E-state index in [1.807, 2.05) is 4.90 Å². The highest BCUT2D eigenvalue weighted by Gasteiger charge is 2.61. The first kappa shape index (κ1) is 15.5. The molecule has 4 heteroatoms. The van der Waals surface area contributed by atoms with E-state index in [9.17, 15) is 4.79 Å². The molecule has 1 heterocycles. The van der Waals surface area contributed by atoms with E-state index in [0.29, 0.717) is 11.8 Å². The molecule has 2 fully saturated rings. The molecule has 114 valence electrons. The Morgan fingerprint density at radius 2 is 1.85 bits per heavy atom. The number of hydrogen-bond acceptors (Lipinski definition) is 3. The van der Waals surface area contributed by atoms with Crippen LogP contribution in [-0.4, -0.2) is 60.1 Å². The standard InChI is InChI=1S/C16H28N2O2/c1-12(2)11-13-14(16(13,3)4)15(20)18-7-5-17(6-8-18)9-10-19/h11,13-14,19H,5-10H2,1-4H3/t13-,14-/m1/s1. The first-order chi connectivity index (χ1) is 9.37. The molecule has 1 saturated carbocycles. The lowest BCUT2D eigenvalue weighted by Gasteiger charge is -2.34. The van der Waals surface area contributed by atoms with Gasteiger partial charge in [-0.3, -0.25) is 9.69 Å². The molecule has 0 aromatic rings. The van der Waals surface area contributed by atoms with Gasteiger partial charge in [0, 0.05) is 32.7 Å². The fraction of sp³-hybridized carbons (Fsp3) is 0.812. The minimum absolute atomic E-state index is 0.108. The van der Waals surface area contributed by atoms with Crippen molar-refractivity contribution in [2.24, 2.45) is 17.3 Å². The second-order valence-corrected chi connectivity index (χ2v) is 6.96. The van der Waals surface area contributed by atoms with E-state index in [2.05, 4.69) is 38.7 Å². The van der Waals surface area contributed by atoms with Crippen LogP contribution in [0.4, 0.5) is 0 Å². The molecule has 0 spiro atoms. The summed E-state index contributed by atoms with van der Waals surface area (Å²) in [5, 5.41) is 8.95. The summed E-state index contributed by atoms with van der Waals surface area (Å²) in [6.45, 7) is 12.9. The van der Waals surface area contributed by atoms with Crippen molar-refractivity contribution >= 4 is 5.91 Å². The zero-order valence-electron chi connectivity index (χ0n) is 13.2. The summed E-state index contributed by atoms with van der Waals surface area (Å²) in [5.41, 5.74) is 1.41. The number of hydrogen-bond donors (Lipinski definition) is 1. The summed E-state index contributed by atoms with van der Waals surface area (Å²) in [6.07, 6.45) is 2.25. The molecule has 1 aliphatic heterocycles. The van der Waals surface area contributed by atoms with Crippen molar-refractivity contribution in [1.82, 2.24) is 9.80 Å². The van der Waals surface area contributed by atoms with Crippen molar-refractivity contribution in [2.75, 3.05) is 39.3 Å². The Labute approximate surface area is 122 Å². The van der Waals surface area contributed by atoms with Crippen LogP contribution in [0, 0.1) is 17.3 Å². The predicted octanol–water partition coefficient (Wildman–Crippen LogP) is 1.36. The molecule has 1 amide bonds. The van der Waals surface area contributed by atoms with Gasteiger partial charge in [0.15, 0.2) is 0 Å². The number of rotatable bonds is 4. The Morgan fingerprint density at radius 3 is 2.35 bits per heavy atom. The second kappa shape index (κ2) is 5.86. The van der Waals surface area contributed by atoms with Crippen LogP contribution in [0.1, 0.15) is 27.7 Å². The molecule has 20 heavy (non-hydrogen) atoms. The maximum Gasteiger partial charge on any atom is 0.226 e. The monoisotopic (exact) mass is 280 g/mol. The molecule has 0 radical (unpaired) electrons. The maximum atomic E-state index is 12.7. The van der Waals surface area contributed by atoms with Crippen molar-refractivity contribution in [2.45, 2.75) is 27.7 Å². The van der Waals surface area contributed by atoms with Gasteiger partial charge in [-0.2, -0.15) is 0 Å². The van der Waals surface area contributed by atoms with Crippen LogP contribution in [0.2, 0.25) is 0 Å². The number of β-amino-alcohol motifs (C(OH)–C–C–N with tert-alkyl or cyclic N) is 1. The summed E-state index contributed by atoms with van der Waals surface area (Å²) < 4.78 is 0. The van der Waals surface area contributed by atoms with E-state index in [4.69, 9.17) is 5.11 Å². The maximum absolute atomic E-state index is 12.7. The Balaban J connectivity index is 1.92. The van der Waals surface area contributed by atoms with Gasteiger partial charge in [0.1, 0.15) is 0 Å². The summed E-state index contributed by atoms with van der Waals surface area (Å²) in [6, 6.07) is 0. The van der Waals surface area contributed by atoms with Gasteiger partial charge in [0.25, 0.3) is 0 Å². The lowest BCUT2D eigenvalue weighted by Crippen LogP contribution is -2.50. The van der Waals surface area contributed by atoms with Gasteiger partial charge in [-0.15, -0.1) is 0 Å². The third-order valence-corrected chi connectivity index (χ3v) is 4.79. The first-order valence-electron chi connectivity index (χ1n) is 7.65. The normalized spacial score (nSPS) is 29.1. The lowest BCUT2D eigenvalue weighted by molar-refractivity contribution is -0.135. The van der Waals surface area contributed by atoms with Gasteiger partial charge < -0.3 is 10.0 Å². The summed E-state index contributed by atoms with van der Waals surface area (Å²) in [4.78, 5) is 16.9. The third kappa shape index (κ3) is 3.07. The third-order valence-electron chi connectivity index (χ3n) is 4.79. The number of aliphatic hydroxyl groups excluding tert-OH is 1. The Kier molecular flexibility index (Phi) is 4.55. The van der Waals surface area contributed by atoms with E-state index in [1.165, 1.54) is 5.57 Å². The Morgan fingerprint density at radius 1 is 1.25 bits per heavy atom. The molecule has 2 rings (SSSR count). The zero-order chi connectivity index (χ0) is 14.9. The molecular weight excluding hydrogens is 252 g/mol. The minimum atomic E-state index is 0.108. The molecule has 1 saturated heterocycles. The van der Waals surface area contributed by atoms with Crippen molar-refractivity contribution in [1.29, 1.82) is 0 Å². The Hall–Kier alpha value is -0.870. The van der Waals surface area contributed by atoms with E-state index in [-0.39, 0.29) is 17.9 Å². The molecule has 0 aromatic heterocycles. The van der Waals surface area contributed by atoms with Gasteiger partial charge in [-0.1, -0.05) is 25.5 Å². The van der Waals surface area contributed by atoms with Gasteiger partial charge in [-0.25, -0.2) is 0 Å². The summed E-state index contributed by atoms with van der Waals surface area (Å²) in [7, 11) is 0. The number of aliphatic hydroxyl groups is 1. The average molecular weight is 280 g/mol. The quantitative estimate of drug-likeness (QED) is 0.791. The number of nitrogens with zero attached hydrogens (tertiary/aromatic N) is 2. The fourth-order valence-electron chi connectivity index (χ4n) is 3.35. The highest BCUT2D eigenvalue weighted by molar-refractivity contribution is 5.84. The lowest BCUT2D eigenvalue weighted by atomic mass is 10.1. The summed E-state index contributed by atoms with van der Waals surface area (Å²) >= 11 is 0. The van der Waals surface area contributed by atoms with Crippen LogP contribution in [-0.2, 0) is 4.79 Å². The minimum Gasteiger partial charge on any atom is -0.395 e. The highest BCUT2D eigenvalue weighted by Crippen LogP contribution is 2.60. The molecule has 1 aliphatic carbocycles. The number of carbonyl (C=O) groups is 1. The molecule has 2 aliphatic rings. The summed E-state index contributed by atoms with van der Waals surface area (Å²) in [5.74, 6) is 0.874. The van der Waals surface area contributed by atoms with Crippen LogP contribution in [0.3, 0.4) is 0 Å². The molecular formula is C16H28N2O2. The van der Waals surface area contributed by atoms with Crippen molar-refractivity contribution in [3.8, 4) is 0 Å². The first-order valence-corrected chi connectivity index (χ1v) is 7.65. The molecule has 0 aromatic carbocycles. The molecule has 4 nitrogen and oxygen atoms in total. The smallest absolute Gasteiger partial charge is 0.226 e. The van der Waals surface area contributed by atoms with Crippen LogP contribution < -0.4 is 0 Å². The number of piperazine rings is 1.